The fourth-order valence-electron chi connectivity index (χ4n) is 2.18. The van der Waals surface area contributed by atoms with Gasteiger partial charge in [0.25, 0.3) is 5.56 Å². The van der Waals surface area contributed by atoms with Crippen molar-refractivity contribution >= 4 is 7.82 Å². The molecular formula is C10H15N2O9P. The predicted octanol–water partition coefficient (Wildman–Crippen LogP) is -2.86. The number of phosphoric acid groups is 1. The van der Waals surface area contributed by atoms with Crippen molar-refractivity contribution in [2.45, 2.75) is 31.0 Å². The number of hydrogen-bond acceptors (Lipinski definition) is 7. The van der Waals surface area contributed by atoms with Crippen LogP contribution in [0.5, 0.6) is 0 Å². The highest BCUT2D eigenvalue weighted by Gasteiger charge is 2.47. The smallest absolute Gasteiger partial charge is 0.394 e. The first-order valence-corrected chi connectivity index (χ1v) is 7.72. The van der Waals surface area contributed by atoms with Crippen LogP contribution in [0.15, 0.2) is 21.9 Å². The summed E-state index contributed by atoms with van der Waals surface area (Å²) in [6, 6.07) is 1.09. The maximum absolute atomic E-state index is 11.6. The highest BCUT2D eigenvalue weighted by Crippen LogP contribution is 2.41. The number of rotatable bonds is 5. The zero-order valence-corrected chi connectivity index (χ0v) is 12.0. The van der Waals surface area contributed by atoms with Gasteiger partial charge in [-0.2, -0.15) is 0 Å². The summed E-state index contributed by atoms with van der Waals surface area (Å²) < 4.78 is 21.6. The van der Waals surface area contributed by atoms with Crippen molar-refractivity contribution in [1.29, 1.82) is 0 Å². The van der Waals surface area contributed by atoms with Crippen LogP contribution in [0.25, 0.3) is 0 Å². The molecule has 11 nitrogen and oxygen atoms in total. The average molecular weight is 338 g/mol. The van der Waals surface area contributed by atoms with Crippen LogP contribution < -0.4 is 11.2 Å². The maximum Gasteiger partial charge on any atom is 0.470 e. The van der Waals surface area contributed by atoms with Gasteiger partial charge in [0.15, 0.2) is 0 Å². The molecule has 0 aliphatic carbocycles. The Bertz CT molecular complexity index is 679. The van der Waals surface area contributed by atoms with Crippen LogP contribution in [0.4, 0.5) is 0 Å². The largest absolute Gasteiger partial charge is 0.470 e. The van der Waals surface area contributed by atoms with E-state index in [0.29, 0.717) is 0 Å². The molecule has 12 heteroatoms. The number of aromatic nitrogens is 2. The Kier molecular flexibility index (Phi) is 4.97. The summed E-state index contributed by atoms with van der Waals surface area (Å²) in [6.45, 7) is -0.840. The minimum atomic E-state index is -4.89. The van der Waals surface area contributed by atoms with Gasteiger partial charge in [-0.15, -0.1) is 0 Å². The standard InChI is InChI=1S/C10H15N2O9P/c13-4-6-9(21-22(17,18)19)8(15)5(20-6)3-12-2-1-7(14)11-10(12)16/h1-2,5-6,8-9,13,15H,3-4H2,(H,11,14,16)(H2,17,18,19)/t5-,6+,8-,9+/m0/s1. The topological polar surface area (TPSA) is 171 Å². The third kappa shape index (κ3) is 3.90. The van der Waals surface area contributed by atoms with Crippen molar-refractivity contribution in [3.8, 4) is 0 Å². The molecule has 0 amide bonds. The second-order valence-corrected chi connectivity index (χ2v) is 5.90. The molecule has 1 fully saturated rings. The third-order valence-electron chi connectivity index (χ3n) is 3.15. The number of aliphatic hydroxyl groups is 2. The molecule has 1 saturated heterocycles. The summed E-state index contributed by atoms with van der Waals surface area (Å²) >= 11 is 0. The molecule has 1 aromatic heterocycles. The zero-order valence-electron chi connectivity index (χ0n) is 11.1. The van der Waals surface area contributed by atoms with Crippen LogP contribution in [0, 0.1) is 0 Å². The van der Waals surface area contributed by atoms with Crippen LogP contribution >= 0.6 is 7.82 Å². The normalized spacial score (nSPS) is 28.9. The molecule has 0 saturated carbocycles. The summed E-state index contributed by atoms with van der Waals surface area (Å²) in [6.07, 6.45) is -3.97. The molecule has 0 radical (unpaired) electrons. The number of H-pyrrole nitrogens is 1. The van der Waals surface area contributed by atoms with Crippen LogP contribution in [-0.2, 0) is 20.4 Å². The first-order valence-electron chi connectivity index (χ1n) is 6.19. The molecule has 0 unspecified atom stereocenters. The number of aliphatic hydroxyl groups excluding tert-OH is 2. The third-order valence-corrected chi connectivity index (χ3v) is 3.66. The lowest BCUT2D eigenvalue weighted by Gasteiger charge is -2.19. The van der Waals surface area contributed by atoms with Gasteiger partial charge >= 0.3 is 13.5 Å². The van der Waals surface area contributed by atoms with Gasteiger partial charge in [0.2, 0.25) is 0 Å². The van der Waals surface area contributed by atoms with E-state index in [1.54, 1.807) is 0 Å². The molecule has 1 aromatic rings. The van der Waals surface area contributed by atoms with Gasteiger partial charge in [0, 0.05) is 12.3 Å². The van der Waals surface area contributed by atoms with Gasteiger partial charge in [-0.25, -0.2) is 9.36 Å². The second-order valence-electron chi connectivity index (χ2n) is 4.71. The lowest BCUT2D eigenvalue weighted by atomic mass is 10.1. The molecule has 1 aliphatic heterocycles. The zero-order chi connectivity index (χ0) is 16.5. The molecule has 4 atom stereocenters. The van der Waals surface area contributed by atoms with E-state index in [1.165, 1.54) is 6.20 Å². The first-order chi connectivity index (χ1) is 10.2. The monoisotopic (exact) mass is 338 g/mol. The molecule has 5 N–H and O–H groups in total. The lowest BCUT2D eigenvalue weighted by Crippen LogP contribution is -2.39. The highest BCUT2D eigenvalue weighted by atomic mass is 31.2. The summed E-state index contributed by atoms with van der Waals surface area (Å²) in [4.78, 5) is 42.1. The van der Waals surface area contributed by atoms with Gasteiger partial charge in [-0.05, 0) is 0 Å². The first kappa shape index (κ1) is 17.0. The van der Waals surface area contributed by atoms with E-state index < -0.39 is 50.1 Å². The minimum absolute atomic E-state index is 0.200. The van der Waals surface area contributed by atoms with Gasteiger partial charge in [0.1, 0.15) is 24.4 Å². The van der Waals surface area contributed by atoms with Crippen molar-refractivity contribution in [3.05, 3.63) is 33.1 Å². The van der Waals surface area contributed by atoms with Crippen LogP contribution in [0.1, 0.15) is 0 Å². The van der Waals surface area contributed by atoms with Gasteiger partial charge < -0.3 is 24.7 Å². The molecule has 0 aromatic carbocycles. The summed E-state index contributed by atoms with van der Waals surface area (Å²) in [5, 5.41) is 19.2. The summed E-state index contributed by atoms with van der Waals surface area (Å²) in [5.41, 5.74) is -1.33. The molecule has 0 bridgehead atoms. The fraction of sp³-hybridized carbons (Fsp3) is 0.600. The molecule has 2 heterocycles. The minimum Gasteiger partial charge on any atom is -0.394 e. The quantitative estimate of drug-likeness (QED) is 0.354. The number of aromatic amines is 1. The van der Waals surface area contributed by atoms with Crippen molar-refractivity contribution in [2.75, 3.05) is 6.61 Å². The van der Waals surface area contributed by atoms with Crippen molar-refractivity contribution < 1.29 is 33.8 Å². The number of nitrogens with zero attached hydrogens (tertiary/aromatic N) is 1. The average Bonchev–Trinajstić information content (AvgIpc) is 2.68. The Hall–Kier alpha value is -1.33. The molecular weight excluding hydrogens is 323 g/mol. The van der Waals surface area contributed by atoms with E-state index in [4.69, 9.17) is 19.6 Å². The highest BCUT2D eigenvalue weighted by molar-refractivity contribution is 7.46. The molecule has 124 valence electrons. The number of phosphoric ester groups is 1. The molecule has 0 spiro atoms. The molecule has 1 aliphatic rings. The Morgan fingerprint density at radius 2 is 2.05 bits per heavy atom. The SMILES string of the molecule is O=c1ccn(C[C@@H]2O[C@H](CO)[C@@H](OP(=O)(O)O)[C@H]2O)c(=O)[nH]1. The summed E-state index contributed by atoms with van der Waals surface area (Å²) in [5.74, 6) is 0. The van der Waals surface area contributed by atoms with E-state index in [9.17, 15) is 19.3 Å². The Balaban J connectivity index is 2.17. The molecule has 2 rings (SSSR count). The maximum atomic E-state index is 11.6. The fourth-order valence-corrected chi connectivity index (χ4v) is 2.76. The van der Waals surface area contributed by atoms with E-state index >= 15 is 0 Å². The second kappa shape index (κ2) is 6.42. The van der Waals surface area contributed by atoms with Crippen molar-refractivity contribution in [1.82, 2.24) is 9.55 Å². The van der Waals surface area contributed by atoms with Crippen LogP contribution in [0.3, 0.4) is 0 Å². The van der Waals surface area contributed by atoms with E-state index in [2.05, 4.69) is 4.52 Å². The summed E-state index contributed by atoms with van der Waals surface area (Å²) in [7, 11) is -4.89. The van der Waals surface area contributed by atoms with Crippen LogP contribution in [-0.4, -0.2) is 60.6 Å². The number of hydrogen-bond donors (Lipinski definition) is 5. The predicted molar refractivity (Wildman–Crippen MR) is 70.0 cm³/mol. The van der Waals surface area contributed by atoms with Crippen molar-refractivity contribution in [3.63, 3.8) is 0 Å². The van der Waals surface area contributed by atoms with E-state index in [1.807, 2.05) is 4.98 Å². The van der Waals surface area contributed by atoms with E-state index in [-0.39, 0.29) is 6.54 Å². The Morgan fingerprint density at radius 1 is 1.36 bits per heavy atom. The number of nitrogens with one attached hydrogen (secondary N) is 1. The van der Waals surface area contributed by atoms with Crippen molar-refractivity contribution in [2.24, 2.45) is 0 Å². The molecule has 22 heavy (non-hydrogen) atoms. The Morgan fingerprint density at radius 3 is 2.59 bits per heavy atom. The lowest BCUT2D eigenvalue weighted by molar-refractivity contribution is -0.0265. The van der Waals surface area contributed by atoms with Gasteiger partial charge in [-0.1, -0.05) is 0 Å². The van der Waals surface area contributed by atoms with Gasteiger partial charge in [0.05, 0.1) is 13.2 Å². The van der Waals surface area contributed by atoms with Crippen LogP contribution in [0.2, 0.25) is 0 Å². The Labute approximate surface area is 123 Å². The number of ether oxygens (including phenoxy) is 1. The van der Waals surface area contributed by atoms with Gasteiger partial charge in [-0.3, -0.25) is 18.9 Å². The van der Waals surface area contributed by atoms with E-state index in [0.717, 1.165) is 10.6 Å².